The Kier molecular flexibility index (Phi) is 3.62. The molecule has 3 heterocycles. The number of hydrogen-bond donors (Lipinski definition) is 1. The van der Waals surface area contributed by atoms with Crippen molar-refractivity contribution in [3.05, 3.63) is 17.8 Å². The maximum atomic E-state index is 10.8. The van der Waals surface area contributed by atoms with E-state index in [1.165, 1.54) is 11.8 Å². The predicted octanol–water partition coefficient (Wildman–Crippen LogP) is 1.88. The maximum Gasteiger partial charge on any atom is 0.313 e. The summed E-state index contributed by atoms with van der Waals surface area (Å²) in [7, 11) is 0. The number of pyridine rings is 1. The molecule has 0 radical (unpaired) electrons. The molecule has 1 unspecified atom stereocenters. The largest absolute Gasteiger partial charge is 0.481 e. The quantitative estimate of drug-likeness (QED) is 0.867. The van der Waals surface area contributed by atoms with Crippen LogP contribution in [-0.4, -0.2) is 44.6 Å². The molecule has 0 aromatic carbocycles. The normalized spacial score (nSPS) is 18.8. The van der Waals surface area contributed by atoms with Crippen LogP contribution < -0.4 is 0 Å². The summed E-state index contributed by atoms with van der Waals surface area (Å²) in [5.41, 5.74) is 2.54. The predicted molar refractivity (Wildman–Crippen MR) is 75.1 cm³/mol. The van der Waals surface area contributed by atoms with E-state index in [-0.39, 0.29) is 11.8 Å². The van der Waals surface area contributed by atoms with Crippen LogP contribution in [0, 0.1) is 6.92 Å². The van der Waals surface area contributed by atoms with Crippen LogP contribution in [0.3, 0.4) is 0 Å². The summed E-state index contributed by atoms with van der Waals surface area (Å²) in [4.78, 5) is 19.8. The number of imidazole rings is 1. The van der Waals surface area contributed by atoms with Gasteiger partial charge in [0.25, 0.3) is 0 Å². The minimum absolute atomic E-state index is 0.00409. The zero-order valence-electron chi connectivity index (χ0n) is 11.1. The highest BCUT2D eigenvalue weighted by atomic mass is 32.2. The van der Waals surface area contributed by atoms with Gasteiger partial charge in [0, 0.05) is 12.3 Å². The molecule has 2 aromatic rings. The van der Waals surface area contributed by atoms with Crippen LogP contribution in [0.4, 0.5) is 0 Å². The number of aromatic nitrogens is 3. The first-order valence-corrected chi connectivity index (χ1v) is 7.41. The molecular formula is C13H15N3O3S. The second kappa shape index (κ2) is 5.41. The van der Waals surface area contributed by atoms with E-state index in [0.717, 1.165) is 29.9 Å². The van der Waals surface area contributed by atoms with Crippen molar-refractivity contribution >= 4 is 28.9 Å². The molecule has 1 aliphatic rings. The number of nitrogens with zero attached hydrogens (tertiary/aromatic N) is 3. The first kappa shape index (κ1) is 13.4. The lowest BCUT2D eigenvalue weighted by atomic mass is 10.2. The number of carbonyl (C=O) groups is 1. The van der Waals surface area contributed by atoms with Gasteiger partial charge in [-0.05, 0) is 25.5 Å². The van der Waals surface area contributed by atoms with Crippen LogP contribution in [0.15, 0.2) is 17.3 Å². The summed E-state index contributed by atoms with van der Waals surface area (Å²) in [5, 5.41) is 9.56. The second-order valence-electron chi connectivity index (χ2n) is 4.76. The molecule has 1 atom stereocenters. The van der Waals surface area contributed by atoms with E-state index in [0.29, 0.717) is 11.8 Å². The monoisotopic (exact) mass is 293 g/mol. The number of rotatable bonds is 4. The lowest BCUT2D eigenvalue weighted by Crippen LogP contribution is -2.11. The average Bonchev–Trinajstić information content (AvgIpc) is 3.02. The number of thioether (sulfide) groups is 1. The molecular weight excluding hydrogens is 278 g/mol. The topological polar surface area (TPSA) is 77.2 Å². The second-order valence-corrected chi connectivity index (χ2v) is 5.70. The highest BCUT2D eigenvalue weighted by Crippen LogP contribution is 2.30. The first-order chi connectivity index (χ1) is 9.65. The smallest absolute Gasteiger partial charge is 0.313 e. The lowest BCUT2D eigenvalue weighted by molar-refractivity contribution is -0.133. The Hall–Kier alpha value is -1.60. The molecule has 0 aliphatic carbocycles. The lowest BCUT2D eigenvalue weighted by Gasteiger charge is -2.13. The molecule has 1 N–H and O–H groups in total. The Bertz CT molecular complexity index is 650. The van der Waals surface area contributed by atoms with E-state index in [4.69, 9.17) is 9.84 Å². The van der Waals surface area contributed by atoms with Gasteiger partial charge in [-0.3, -0.25) is 9.36 Å². The van der Waals surface area contributed by atoms with Gasteiger partial charge in [0.2, 0.25) is 0 Å². The molecule has 20 heavy (non-hydrogen) atoms. The third-order valence-electron chi connectivity index (χ3n) is 3.24. The van der Waals surface area contributed by atoms with Crippen LogP contribution in [0.2, 0.25) is 0 Å². The molecule has 1 saturated heterocycles. The van der Waals surface area contributed by atoms with Crippen molar-refractivity contribution in [1.82, 2.24) is 14.5 Å². The molecule has 0 spiro atoms. The fourth-order valence-electron chi connectivity index (χ4n) is 2.33. The van der Waals surface area contributed by atoms with Crippen molar-refractivity contribution in [2.75, 3.05) is 19.0 Å². The molecule has 1 fully saturated rings. The summed E-state index contributed by atoms with van der Waals surface area (Å²) >= 11 is 1.23. The molecule has 0 bridgehead atoms. The van der Waals surface area contributed by atoms with E-state index < -0.39 is 5.97 Å². The van der Waals surface area contributed by atoms with Gasteiger partial charge in [0.15, 0.2) is 10.8 Å². The van der Waals surface area contributed by atoms with Gasteiger partial charge in [0.1, 0.15) is 5.52 Å². The SMILES string of the molecule is Cc1ccc2nc(SCC(=O)O)n(C3CCOC3)c2n1. The Labute approximate surface area is 120 Å². The van der Waals surface area contributed by atoms with Crippen LogP contribution >= 0.6 is 11.8 Å². The summed E-state index contributed by atoms with van der Waals surface area (Å²) in [6, 6.07) is 4.02. The van der Waals surface area contributed by atoms with Crippen molar-refractivity contribution < 1.29 is 14.6 Å². The highest BCUT2D eigenvalue weighted by Gasteiger charge is 2.24. The Balaban J connectivity index is 2.06. The Morgan fingerprint density at radius 3 is 3.10 bits per heavy atom. The van der Waals surface area contributed by atoms with Crippen molar-refractivity contribution in [2.45, 2.75) is 24.5 Å². The Morgan fingerprint density at radius 1 is 1.55 bits per heavy atom. The van der Waals surface area contributed by atoms with E-state index >= 15 is 0 Å². The van der Waals surface area contributed by atoms with Crippen molar-refractivity contribution in [1.29, 1.82) is 0 Å². The number of aliphatic carboxylic acids is 1. The fraction of sp³-hybridized carbons (Fsp3) is 0.462. The fourth-order valence-corrected chi connectivity index (χ4v) is 3.12. The third-order valence-corrected chi connectivity index (χ3v) is 4.18. The zero-order valence-corrected chi connectivity index (χ0v) is 11.9. The zero-order chi connectivity index (χ0) is 14.1. The first-order valence-electron chi connectivity index (χ1n) is 6.43. The summed E-state index contributed by atoms with van der Waals surface area (Å²) in [5.74, 6) is -0.851. The van der Waals surface area contributed by atoms with Gasteiger partial charge in [-0.15, -0.1) is 0 Å². The van der Waals surface area contributed by atoms with E-state index in [1.807, 2.05) is 23.6 Å². The van der Waals surface area contributed by atoms with E-state index in [1.54, 1.807) is 0 Å². The molecule has 106 valence electrons. The number of carboxylic acid groups (broad SMARTS) is 1. The maximum absolute atomic E-state index is 10.8. The van der Waals surface area contributed by atoms with Crippen LogP contribution in [0.5, 0.6) is 0 Å². The van der Waals surface area contributed by atoms with Crippen molar-refractivity contribution in [2.24, 2.45) is 0 Å². The summed E-state index contributed by atoms with van der Waals surface area (Å²) < 4.78 is 7.47. The molecule has 6 nitrogen and oxygen atoms in total. The number of hydrogen-bond acceptors (Lipinski definition) is 5. The minimum Gasteiger partial charge on any atom is -0.481 e. The molecule has 3 rings (SSSR count). The molecule has 1 aliphatic heterocycles. The molecule has 0 saturated carbocycles. The molecule has 2 aromatic heterocycles. The number of ether oxygens (including phenoxy) is 1. The molecule has 7 heteroatoms. The van der Waals surface area contributed by atoms with Crippen LogP contribution in [-0.2, 0) is 9.53 Å². The van der Waals surface area contributed by atoms with Crippen LogP contribution in [0.25, 0.3) is 11.2 Å². The summed E-state index contributed by atoms with van der Waals surface area (Å²) in [6.45, 7) is 3.28. The van der Waals surface area contributed by atoms with Gasteiger partial charge in [-0.2, -0.15) is 0 Å². The summed E-state index contributed by atoms with van der Waals surface area (Å²) in [6.07, 6.45) is 0.904. The number of fused-ring (bicyclic) bond motifs is 1. The molecule has 0 amide bonds. The number of aryl methyl sites for hydroxylation is 1. The third kappa shape index (κ3) is 2.51. The van der Waals surface area contributed by atoms with E-state index in [2.05, 4.69) is 9.97 Å². The van der Waals surface area contributed by atoms with Gasteiger partial charge >= 0.3 is 5.97 Å². The highest BCUT2D eigenvalue weighted by molar-refractivity contribution is 7.99. The van der Waals surface area contributed by atoms with Gasteiger partial charge in [-0.25, -0.2) is 9.97 Å². The van der Waals surface area contributed by atoms with Gasteiger partial charge < -0.3 is 9.84 Å². The standard InChI is InChI=1S/C13H15N3O3S/c1-8-2-3-10-12(14-8)16(9-4-5-19-6-9)13(15-10)20-7-11(17)18/h2-3,9H,4-7H2,1H3,(H,17,18). The van der Waals surface area contributed by atoms with Crippen molar-refractivity contribution in [3.8, 4) is 0 Å². The van der Waals surface area contributed by atoms with Gasteiger partial charge in [0.05, 0.1) is 18.4 Å². The Morgan fingerprint density at radius 2 is 2.40 bits per heavy atom. The minimum atomic E-state index is -0.847. The van der Waals surface area contributed by atoms with Crippen LogP contribution in [0.1, 0.15) is 18.2 Å². The average molecular weight is 293 g/mol. The van der Waals surface area contributed by atoms with E-state index in [9.17, 15) is 4.79 Å². The van der Waals surface area contributed by atoms with Gasteiger partial charge in [-0.1, -0.05) is 11.8 Å². The van der Waals surface area contributed by atoms with Crippen molar-refractivity contribution in [3.63, 3.8) is 0 Å². The number of carboxylic acids is 1.